The van der Waals surface area contributed by atoms with Crippen LogP contribution in [0.2, 0.25) is 0 Å². The normalized spacial score (nSPS) is 24.0. The molecule has 3 fully saturated rings. The summed E-state index contributed by atoms with van der Waals surface area (Å²) in [7, 11) is 0. The summed E-state index contributed by atoms with van der Waals surface area (Å²) in [6.07, 6.45) is 6.66. The average Bonchev–Trinajstić information content (AvgIpc) is 3.13. The van der Waals surface area contributed by atoms with Gasteiger partial charge in [0.1, 0.15) is 0 Å². The summed E-state index contributed by atoms with van der Waals surface area (Å²) in [6, 6.07) is 0.0502. The number of carbonyl (C=O) groups excluding carboxylic acids is 2. The summed E-state index contributed by atoms with van der Waals surface area (Å²) < 4.78 is 5.30. The molecule has 1 aliphatic carbocycles. The highest BCUT2D eigenvalue weighted by atomic mass is 16.5. The van der Waals surface area contributed by atoms with Gasteiger partial charge in [0.2, 0.25) is 5.91 Å². The zero-order valence-corrected chi connectivity index (χ0v) is 14.0. The van der Waals surface area contributed by atoms with E-state index < -0.39 is 0 Å². The molecule has 1 N–H and O–H groups in total. The maximum Gasteiger partial charge on any atom is 0.317 e. The molecule has 3 rings (SSSR count). The van der Waals surface area contributed by atoms with Gasteiger partial charge in [-0.1, -0.05) is 12.8 Å². The summed E-state index contributed by atoms with van der Waals surface area (Å²) in [6.45, 7) is 4.91. The predicted molar refractivity (Wildman–Crippen MR) is 87.1 cm³/mol. The number of carbonyl (C=O) groups is 2. The molecular weight excluding hydrogens is 294 g/mol. The van der Waals surface area contributed by atoms with Crippen LogP contribution >= 0.6 is 0 Å². The van der Waals surface area contributed by atoms with Crippen LogP contribution in [-0.2, 0) is 9.53 Å². The number of piperidine rings is 1. The molecule has 0 aromatic heterocycles. The van der Waals surface area contributed by atoms with E-state index in [0.717, 1.165) is 19.4 Å². The maximum absolute atomic E-state index is 12.5. The van der Waals surface area contributed by atoms with Crippen LogP contribution in [0.1, 0.15) is 38.5 Å². The number of nitrogens with one attached hydrogen (secondary N) is 1. The maximum atomic E-state index is 12.5. The number of hydrogen-bond donors (Lipinski definition) is 1. The quantitative estimate of drug-likeness (QED) is 0.855. The van der Waals surface area contributed by atoms with Crippen molar-refractivity contribution in [3.63, 3.8) is 0 Å². The molecule has 0 bridgehead atoms. The second-order valence-electron chi connectivity index (χ2n) is 7.04. The van der Waals surface area contributed by atoms with Gasteiger partial charge in [0.25, 0.3) is 0 Å². The fourth-order valence-corrected chi connectivity index (χ4v) is 3.93. The first-order valence-electron chi connectivity index (χ1n) is 9.13. The van der Waals surface area contributed by atoms with E-state index in [1.807, 2.05) is 9.80 Å². The third-order valence-electron chi connectivity index (χ3n) is 5.47. The Morgan fingerprint density at radius 2 is 1.57 bits per heavy atom. The summed E-state index contributed by atoms with van der Waals surface area (Å²) in [4.78, 5) is 28.5. The second kappa shape index (κ2) is 7.99. The van der Waals surface area contributed by atoms with E-state index in [1.165, 1.54) is 25.7 Å². The minimum Gasteiger partial charge on any atom is -0.378 e. The fourth-order valence-electron chi connectivity index (χ4n) is 3.93. The molecule has 2 saturated heterocycles. The van der Waals surface area contributed by atoms with Gasteiger partial charge in [-0.25, -0.2) is 4.79 Å². The first-order valence-corrected chi connectivity index (χ1v) is 9.13. The molecule has 6 heteroatoms. The van der Waals surface area contributed by atoms with Crippen LogP contribution in [-0.4, -0.2) is 67.7 Å². The third-order valence-corrected chi connectivity index (χ3v) is 5.47. The fraction of sp³-hybridized carbons (Fsp3) is 0.882. The van der Waals surface area contributed by atoms with Crippen LogP contribution in [0.3, 0.4) is 0 Å². The highest BCUT2D eigenvalue weighted by Gasteiger charge is 2.31. The van der Waals surface area contributed by atoms with E-state index in [9.17, 15) is 9.59 Å². The van der Waals surface area contributed by atoms with Crippen LogP contribution in [0, 0.1) is 11.8 Å². The van der Waals surface area contributed by atoms with Gasteiger partial charge in [-0.3, -0.25) is 4.79 Å². The molecule has 23 heavy (non-hydrogen) atoms. The molecule has 0 aromatic carbocycles. The Morgan fingerprint density at radius 3 is 2.22 bits per heavy atom. The summed E-state index contributed by atoms with van der Waals surface area (Å²) in [5.41, 5.74) is 0. The molecule has 2 heterocycles. The number of rotatable bonds is 3. The first kappa shape index (κ1) is 16.6. The van der Waals surface area contributed by atoms with Crippen molar-refractivity contribution in [2.75, 3.05) is 45.9 Å². The van der Waals surface area contributed by atoms with E-state index in [1.54, 1.807) is 0 Å². The van der Waals surface area contributed by atoms with Crippen molar-refractivity contribution in [1.82, 2.24) is 15.1 Å². The van der Waals surface area contributed by atoms with Crippen molar-refractivity contribution in [2.24, 2.45) is 11.8 Å². The Balaban J connectivity index is 1.38. The Bertz CT molecular complexity index is 409. The van der Waals surface area contributed by atoms with Crippen molar-refractivity contribution in [2.45, 2.75) is 38.5 Å². The van der Waals surface area contributed by atoms with Crippen molar-refractivity contribution < 1.29 is 14.3 Å². The van der Waals surface area contributed by atoms with Gasteiger partial charge in [-0.05, 0) is 31.6 Å². The number of hydrogen-bond acceptors (Lipinski definition) is 3. The molecular formula is C17H29N3O3. The van der Waals surface area contributed by atoms with Crippen LogP contribution in [0.25, 0.3) is 0 Å². The molecule has 3 aliphatic rings. The molecule has 1 saturated carbocycles. The molecule has 0 unspecified atom stereocenters. The predicted octanol–water partition coefficient (Wildman–Crippen LogP) is 1.46. The largest absolute Gasteiger partial charge is 0.378 e. The van der Waals surface area contributed by atoms with Crippen molar-refractivity contribution in [3.05, 3.63) is 0 Å². The van der Waals surface area contributed by atoms with Gasteiger partial charge in [-0.2, -0.15) is 0 Å². The smallest absolute Gasteiger partial charge is 0.317 e. The molecule has 130 valence electrons. The van der Waals surface area contributed by atoms with E-state index in [-0.39, 0.29) is 17.9 Å². The Kier molecular flexibility index (Phi) is 5.75. The first-order chi connectivity index (χ1) is 11.2. The lowest BCUT2D eigenvalue weighted by molar-refractivity contribution is -0.141. The zero-order chi connectivity index (χ0) is 16.1. The summed E-state index contributed by atoms with van der Waals surface area (Å²) in [5.74, 6) is 0.991. The van der Waals surface area contributed by atoms with E-state index in [0.29, 0.717) is 45.3 Å². The van der Waals surface area contributed by atoms with E-state index in [2.05, 4.69) is 5.32 Å². The van der Waals surface area contributed by atoms with Gasteiger partial charge in [0, 0.05) is 38.6 Å². The number of morpholine rings is 1. The van der Waals surface area contributed by atoms with Crippen molar-refractivity contribution >= 4 is 11.9 Å². The molecule has 0 radical (unpaired) electrons. The molecule has 6 nitrogen and oxygen atoms in total. The lowest BCUT2D eigenvalue weighted by Crippen LogP contribution is -2.49. The standard InChI is InChI=1S/C17H29N3O3/c21-16(19-9-11-23-12-10-19)15-5-7-20(8-6-15)17(22)18-13-14-3-1-2-4-14/h14-15H,1-13H2,(H,18,22). The Hall–Kier alpha value is -1.30. The van der Waals surface area contributed by atoms with Crippen LogP contribution in [0.4, 0.5) is 4.79 Å². The molecule has 3 amide bonds. The highest BCUT2D eigenvalue weighted by molar-refractivity contribution is 5.80. The van der Waals surface area contributed by atoms with Gasteiger partial charge in [-0.15, -0.1) is 0 Å². The second-order valence-corrected chi connectivity index (χ2v) is 7.04. The monoisotopic (exact) mass is 323 g/mol. The van der Waals surface area contributed by atoms with Crippen LogP contribution in [0.5, 0.6) is 0 Å². The molecule has 0 atom stereocenters. The van der Waals surface area contributed by atoms with Gasteiger partial charge in [0.05, 0.1) is 13.2 Å². The number of likely N-dealkylation sites (tertiary alicyclic amines) is 1. The van der Waals surface area contributed by atoms with Gasteiger partial charge >= 0.3 is 6.03 Å². The number of nitrogens with zero attached hydrogens (tertiary/aromatic N) is 2. The molecule has 0 spiro atoms. The lowest BCUT2D eigenvalue weighted by atomic mass is 9.95. The number of amides is 3. The summed E-state index contributed by atoms with van der Waals surface area (Å²) >= 11 is 0. The molecule has 2 aliphatic heterocycles. The minimum atomic E-state index is 0.0502. The van der Waals surface area contributed by atoms with Crippen LogP contribution < -0.4 is 5.32 Å². The van der Waals surface area contributed by atoms with Crippen molar-refractivity contribution in [3.8, 4) is 0 Å². The number of urea groups is 1. The minimum absolute atomic E-state index is 0.0502. The SMILES string of the molecule is O=C(NCC1CCCC1)N1CCC(C(=O)N2CCOCC2)CC1. The van der Waals surface area contributed by atoms with Crippen molar-refractivity contribution in [1.29, 1.82) is 0 Å². The zero-order valence-electron chi connectivity index (χ0n) is 14.0. The van der Waals surface area contributed by atoms with Gasteiger partial charge < -0.3 is 19.9 Å². The summed E-state index contributed by atoms with van der Waals surface area (Å²) in [5, 5.41) is 3.08. The van der Waals surface area contributed by atoms with Gasteiger partial charge in [0.15, 0.2) is 0 Å². The molecule has 0 aromatic rings. The van der Waals surface area contributed by atoms with Crippen LogP contribution in [0.15, 0.2) is 0 Å². The number of ether oxygens (including phenoxy) is 1. The third kappa shape index (κ3) is 4.37. The van der Waals surface area contributed by atoms with E-state index in [4.69, 9.17) is 4.74 Å². The average molecular weight is 323 g/mol. The topological polar surface area (TPSA) is 61.9 Å². The van der Waals surface area contributed by atoms with E-state index >= 15 is 0 Å². The Morgan fingerprint density at radius 1 is 0.913 bits per heavy atom. The lowest BCUT2D eigenvalue weighted by Gasteiger charge is -2.35. The highest BCUT2D eigenvalue weighted by Crippen LogP contribution is 2.24. The Labute approximate surface area is 138 Å².